The minimum absolute atomic E-state index is 0.743. The fraction of sp³-hybridized carbons (Fsp3) is 1.00. The van der Waals surface area contributed by atoms with Gasteiger partial charge in [0.2, 0.25) is 0 Å². The van der Waals surface area contributed by atoms with Gasteiger partial charge >= 0.3 is 0 Å². The lowest BCUT2D eigenvalue weighted by molar-refractivity contribution is -0.128. The van der Waals surface area contributed by atoms with Crippen molar-refractivity contribution in [3.63, 3.8) is 0 Å². The molecule has 0 amide bonds. The highest BCUT2D eigenvalue weighted by atomic mass is 15.3. The highest BCUT2D eigenvalue weighted by molar-refractivity contribution is 5.09. The number of nitrogens with zero attached hydrogens (tertiary/aromatic N) is 2. The maximum atomic E-state index is 2.69. The van der Waals surface area contributed by atoms with Crippen LogP contribution >= 0.6 is 0 Å². The first-order valence-electron chi connectivity index (χ1n) is 5.67. The van der Waals surface area contributed by atoms with Crippen LogP contribution in [-0.2, 0) is 0 Å². The largest absolute Gasteiger partial charge is 0.300 e. The van der Waals surface area contributed by atoms with Gasteiger partial charge in [-0.15, -0.1) is 0 Å². The molecule has 2 heterocycles. The molecule has 0 atom stereocenters. The smallest absolute Gasteiger partial charge is 0.0212 e. The summed E-state index contributed by atoms with van der Waals surface area (Å²) >= 11 is 0. The van der Waals surface area contributed by atoms with Crippen LogP contribution in [0.2, 0.25) is 0 Å². The molecule has 13 heavy (non-hydrogen) atoms. The third kappa shape index (κ3) is 1.23. The van der Waals surface area contributed by atoms with E-state index >= 15 is 0 Å². The SMILES string of the molecule is CC(C)N1CC2(C1)CN(C1CC1)C2. The van der Waals surface area contributed by atoms with Crippen molar-refractivity contribution in [3.8, 4) is 0 Å². The second-order valence-electron chi connectivity index (χ2n) is 5.63. The van der Waals surface area contributed by atoms with Crippen molar-refractivity contribution in [2.75, 3.05) is 26.2 Å². The molecule has 0 aromatic carbocycles. The van der Waals surface area contributed by atoms with Crippen molar-refractivity contribution in [1.29, 1.82) is 0 Å². The van der Waals surface area contributed by atoms with Gasteiger partial charge in [-0.1, -0.05) is 0 Å². The van der Waals surface area contributed by atoms with E-state index in [1.165, 1.54) is 39.0 Å². The Bertz CT molecular complexity index is 189. The van der Waals surface area contributed by atoms with E-state index in [1.807, 2.05) is 0 Å². The van der Waals surface area contributed by atoms with Crippen molar-refractivity contribution in [2.24, 2.45) is 5.41 Å². The normalized spacial score (nSPS) is 33.5. The van der Waals surface area contributed by atoms with Crippen molar-refractivity contribution >= 4 is 0 Å². The Labute approximate surface area is 80.9 Å². The Balaban J connectivity index is 1.49. The zero-order valence-corrected chi connectivity index (χ0v) is 8.79. The van der Waals surface area contributed by atoms with Gasteiger partial charge in [0.15, 0.2) is 0 Å². The summed E-state index contributed by atoms with van der Waals surface area (Å²) in [6.07, 6.45) is 2.95. The number of rotatable bonds is 2. The van der Waals surface area contributed by atoms with Gasteiger partial charge in [0, 0.05) is 43.7 Å². The van der Waals surface area contributed by atoms with Gasteiger partial charge < -0.3 is 0 Å². The molecule has 0 aromatic heterocycles. The third-order valence-electron chi connectivity index (χ3n) is 3.95. The predicted octanol–water partition coefficient (Wildman–Crippen LogP) is 1.17. The predicted molar refractivity (Wildman–Crippen MR) is 53.7 cm³/mol. The summed E-state index contributed by atoms with van der Waals surface area (Å²) in [6.45, 7) is 10.2. The quantitative estimate of drug-likeness (QED) is 0.629. The molecule has 0 N–H and O–H groups in total. The lowest BCUT2D eigenvalue weighted by Gasteiger charge is -2.62. The monoisotopic (exact) mass is 180 g/mol. The van der Waals surface area contributed by atoms with Gasteiger partial charge in [-0.05, 0) is 26.7 Å². The molecule has 0 radical (unpaired) electrons. The lowest BCUT2D eigenvalue weighted by atomic mass is 9.72. The Morgan fingerprint density at radius 1 is 1.08 bits per heavy atom. The van der Waals surface area contributed by atoms with Crippen LogP contribution in [0.25, 0.3) is 0 Å². The average Bonchev–Trinajstić information content (AvgIpc) is 2.62. The first kappa shape index (κ1) is 8.25. The van der Waals surface area contributed by atoms with E-state index < -0.39 is 0 Å². The van der Waals surface area contributed by atoms with Gasteiger partial charge in [0.25, 0.3) is 0 Å². The maximum Gasteiger partial charge on any atom is 0.0212 e. The molecule has 3 rings (SSSR count). The van der Waals surface area contributed by atoms with Gasteiger partial charge in [-0.25, -0.2) is 0 Å². The van der Waals surface area contributed by atoms with Gasteiger partial charge in [-0.2, -0.15) is 0 Å². The minimum Gasteiger partial charge on any atom is -0.300 e. The van der Waals surface area contributed by atoms with E-state index in [4.69, 9.17) is 0 Å². The molecular formula is C11H20N2. The van der Waals surface area contributed by atoms with Crippen LogP contribution in [0.15, 0.2) is 0 Å². The van der Waals surface area contributed by atoms with Gasteiger partial charge in [-0.3, -0.25) is 9.80 Å². The van der Waals surface area contributed by atoms with E-state index in [9.17, 15) is 0 Å². The summed E-state index contributed by atoms with van der Waals surface area (Å²) in [4.78, 5) is 5.29. The third-order valence-corrected chi connectivity index (χ3v) is 3.95. The Hall–Kier alpha value is -0.0800. The Morgan fingerprint density at radius 2 is 1.69 bits per heavy atom. The topological polar surface area (TPSA) is 6.48 Å². The van der Waals surface area contributed by atoms with Crippen LogP contribution in [-0.4, -0.2) is 48.1 Å². The molecule has 1 saturated carbocycles. The van der Waals surface area contributed by atoms with E-state index in [-0.39, 0.29) is 0 Å². The van der Waals surface area contributed by atoms with E-state index in [0.29, 0.717) is 0 Å². The van der Waals surface area contributed by atoms with Crippen molar-refractivity contribution in [2.45, 2.75) is 38.8 Å². The second kappa shape index (κ2) is 2.48. The average molecular weight is 180 g/mol. The summed E-state index contributed by atoms with van der Waals surface area (Å²) in [5.41, 5.74) is 0.743. The molecule has 2 aliphatic heterocycles. The molecule has 3 fully saturated rings. The van der Waals surface area contributed by atoms with Crippen LogP contribution < -0.4 is 0 Å². The summed E-state index contributed by atoms with van der Waals surface area (Å²) < 4.78 is 0. The van der Waals surface area contributed by atoms with Gasteiger partial charge in [0.1, 0.15) is 0 Å². The zero-order chi connectivity index (χ0) is 9.05. The van der Waals surface area contributed by atoms with Crippen LogP contribution in [0.4, 0.5) is 0 Å². The molecular weight excluding hydrogens is 160 g/mol. The van der Waals surface area contributed by atoms with Crippen molar-refractivity contribution in [1.82, 2.24) is 9.80 Å². The van der Waals surface area contributed by atoms with Crippen molar-refractivity contribution < 1.29 is 0 Å². The van der Waals surface area contributed by atoms with Gasteiger partial charge in [0.05, 0.1) is 0 Å². The number of likely N-dealkylation sites (tertiary alicyclic amines) is 2. The molecule has 0 bridgehead atoms. The van der Waals surface area contributed by atoms with E-state index in [0.717, 1.165) is 17.5 Å². The summed E-state index contributed by atoms with van der Waals surface area (Å²) in [6, 6.07) is 1.76. The highest BCUT2D eigenvalue weighted by Gasteiger charge is 2.54. The fourth-order valence-corrected chi connectivity index (χ4v) is 2.89. The molecule has 0 unspecified atom stereocenters. The summed E-state index contributed by atoms with van der Waals surface area (Å²) in [5.74, 6) is 0. The molecule has 74 valence electrons. The zero-order valence-electron chi connectivity index (χ0n) is 8.79. The molecule has 2 nitrogen and oxygen atoms in total. The first-order valence-corrected chi connectivity index (χ1v) is 5.67. The summed E-state index contributed by atoms with van der Waals surface area (Å²) in [7, 11) is 0. The molecule has 0 aromatic rings. The van der Waals surface area contributed by atoms with Crippen LogP contribution in [0.5, 0.6) is 0 Å². The molecule has 2 heteroatoms. The first-order chi connectivity index (χ1) is 6.19. The minimum atomic E-state index is 0.743. The van der Waals surface area contributed by atoms with Crippen molar-refractivity contribution in [3.05, 3.63) is 0 Å². The van der Waals surface area contributed by atoms with Crippen LogP contribution in [0.1, 0.15) is 26.7 Å². The Kier molecular flexibility index (Phi) is 1.58. The molecule has 1 aliphatic carbocycles. The summed E-state index contributed by atoms with van der Waals surface area (Å²) in [5, 5.41) is 0. The lowest BCUT2D eigenvalue weighted by Crippen LogP contribution is -2.73. The van der Waals surface area contributed by atoms with Crippen LogP contribution in [0, 0.1) is 5.41 Å². The second-order valence-corrected chi connectivity index (χ2v) is 5.63. The van der Waals surface area contributed by atoms with E-state index in [1.54, 1.807) is 0 Å². The highest BCUT2D eigenvalue weighted by Crippen LogP contribution is 2.45. The van der Waals surface area contributed by atoms with Crippen LogP contribution in [0.3, 0.4) is 0 Å². The van der Waals surface area contributed by atoms with E-state index in [2.05, 4.69) is 23.6 Å². The molecule has 3 aliphatic rings. The maximum absolute atomic E-state index is 2.69. The standard InChI is InChI=1S/C11H20N2/c1-9(2)12-5-11(6-12)7-13(8-11)10-3-4-10/h9-10H,3-8H2,1-2H3. The number of hydrogen-bond donors (Lipinski definition) is 0. The molecule has 1 spiro atoms. The number of hydrogen-bond acceptors (Lipinski definition) is 2. The fourth-order valence-electron chi connectivity index (χ4n) is 2.89. The Morgan fingerprint density at radius 3 is 2.15 bits per heavy atom. The molecule has 2 saturated heterocycles.